The fourth-order valence-corrected chi connectivity index (χ4v) is 5.78. The highest BCUT2D eigenvalue weighted by atomic mass is 32.1. The zero-order chi connectivity index (χ0) is 17.7. The molecule has 1 aliphatic carbocycles. The zero-order valence-electron chi connectivity index (χ0n) is 14.8. The zero-order valence-corrected chi connectivity index (χ0v) is 16.4. The maximum Gasteiger partial charge on any atom is 0.267 e. The second-order valence-electron chi connectivity index (χ2n) is 6.78. The summed E-state index contributed by atoms with van der Waals surface area (Å²) < 4.78 is 0. The molecule has 3 aromatic rings. The summed E-state index contributed by atoms with van der Waals surface area (Å²) in [5.41, 5.74) is 3.03. The number of hydrogen-bond acceptors (Lipinski definition) is 6. The number of nitrogens with one attached hydrogen (secondary N) is 1. The lowest BCUT2D eigenvalue weighted by molar-refractivity contribution is 0.103. The lowest BCUT2D eigenvalue weighted by Crippen LogP contribution is -2.11. The average molecular weight is 373 g/mol. The minimum atomic E-state index is -0.100. The van der Waals surface area contributed by atoms with Crippen LogP contribution in [0.15, 0.2) is 0 Å². The van der Waals surface area contributed by atoms with Gasteiger partial charge >= 0.3 is 0 Å². The molecule has 0 radical (unpaired) electrons. The third-order valence-electron chi connectivity index (χ3n) is 4.70. The molecular formula is C18H20N4OS2. The molecule has 4 rings (SSSR count). The molecule has 1 amide bonds. The van der Waals surface area contributed by atoms with Crippen LogP contribution in [0.4, 0.5) is 5.13 Å². The highest BCUT2D eigenvalue weighted by Crippen LogP contribution is 2.34. The highest BCUT2D eigenvalue weighted by Gasteiger charge is 2.23. The topological polar surface area (TPSA) is 67.8 Å². The normalized spacial score (nSPS) is 16.9. The molecule has 3 aromatic heterocycles. The largest absolute Gasteiger partial charge is 0.297 e. The van der Waals surface area contributed by atoms with Gasteiger partial charge in [-0.2, -0.15) is 0 Å². The van der Waals surface area contributed by atoms with E-state index >= 15 is 0 Å². The molecule has 1 aliphatic rings. The average Bonchev–Trinajstić information content (AvgIpc) is 3.07. The van der Waals surface area contributed by atoms with E-state index < -0.39 is 0 Å². The van der Waals surface area contributed by atoms with Crippen molar-refractivity contribution in [3.05, 3.63) is 32.5 Å². The predicted octanol–water partition coefficient (Wildman–Crippen LogP) is 4.45. The summed E-state index contributed by atoms with van der Waals surface area (Å²) in [6.45, 7) is 8.08. The van der Waals surface area contributed by atoms with Crippen LogP contribution in [0.25, 0.3) is 10.2 Å². The summed E-state index contributed by atoms with van der Waals surface area (Å²) in [5.74, 6) is 1.34. The molecule has 5 nitrogen and oxygen atoms in total. The van der Waals surface area contributed by atoms with Crippen LogP contribution in [0, 0.1) is 26.7 Å². The number of carbonyl (C=O) groups excluding carboxylic acids is 1. The van der Waals surface area contributed by atoms with Gasteiger partial charge in [-0.3, -0.25) is 10.1 Å². The van der Waals surface area contributed by atoms with Gasteiger partial charge < -0.3 is 0 Å². The van der Waals surface area contributed by atoms with E-state index in [1.165, 1.54) is 22.6 Å². The van der Waals surface area contributed by atoms with E-state index in [1.54, 1.807) is 11.3 Å². The van der Waals surface area contributed by atoms with E-state index in [9.17, 15) is 4.79 Å². The molecular weight excluding hydrogens is 352 g/mol. The molecule has 0 bridgehead atoms. The van der Waals surface area contributed by atoms with Crippen molar-refractivity contribution in [2.45, 2.75) is 47.0 Å². The smallest absolute Gasteiger partial charge is 0.267 e. The molecule has 25 heavy (non-hydrogen) atoms. The molecule has 0 saturated heterocycles. The molecule has 0 saturated carbocycles. The number of anilines is 1. The summed E-state index contributed by atoms with van der Waals surface area (Å²) in [4.78, 5) is 29.2. The summed E-state index contributed by atoms with van der Waals surface area (Å²) >= 11 is 3.04. The lowest BCUT2D eigenvalue weighted by atomic mass is 9.93. The van der Waals surface area contributed by atoms with E-state index in [0.29, 0.717) is 15.9 Å². The van der Waals surface area contributed by atoms with Crippen molar-refractivity contribution in [1.82, 2.24) is 15.0 Å². The van der Waals surface area contributed by atoms with Crippen LogP contribution in [-0.4, -0.2) is 20.9 Å². The Kier molecular flexibility index (Phi) is 4.08. The number of rotatable bonds is 2. The number of thiophene rings is 1. The van der Waals surface area contributed by atoms with Crippen molar-refractivity contribution >= 4 is 43.9 Å². The first kappa shape index (κ1) is 16.6. The number of hydrogen-bond donors (Lipinski definition) is 1. The molecule has 0 aromatic carbocycles. The molecule has 7 heteroatoms. The maximum absolute atomic E-state index is 12.8. The third kappa shape index (κ3) is 2.95. The van der Waals surface area contributed by atoms with Crippen LogP contribution >= 0.6 is 22.7 Å². The van der Waals surface area contributed by atoms with E-state index in [1.807, 2.05) is 20.8 Å². The fourth-order valence-electron chi connectivity index (χ4n) is 3.44. The molecule has 1 N–H and O–H groups in total. The minimum Gasteiger partial charge on any atom is -0.297 e. The van der Waals surface area contributed by atoms with Crippen molar-refractivity contribution in [3.8, 4) is 0 Å². The van der Waals surface area contributed by atoms with Gasteiger partial charge in [0.05, 0.1) is 10.6 Å². The summed E-state index contributed by atoms with van der Waals surface area (Å²) in [6, 6.07) is 0. The Labute approximate surface area is 154 Å². The molecule has 130 valence electrons. The van der Waals surface area contributed by atoms with Crippen molar-refractivity contribution in [2.24, 2.45) is 5.92 Å². The van der Waals surface area contributed by atoms with Gasteiger partial charge in [-0.15, -0.1) is 22.7 Å². The Hall–Kier alpha value is -1.86. The second kappa shape index (κ2) is 6.14. The van der Waals surface area contributed by atoms with Crippen LogP contribution < -0.4 is 5.32 Å². The Morgan fingerprint density at radius 3 is 2.76 bits per heavy atom. The van der Waals surface area contributed by atoms with E-state index in [0.717, 1.165) is 45.8 Å². The number of thiazole rings is 1. The number of carbonyl (C=O) groups is 1. The Bertz CT molecular complexity index is 989. The van der Waals surface area contributed by atoms with E-state index in [2.05, 4.69) is 27.2 Å². The third-order valence-corrected chi connectivity index (χ3v) is 6.92. The molecule has 0 spiro atoms. The Balaban J connectivity index is 1.65. The van der Waals surface area contributed by atoms with Gasteiger partial charge in [-0.1, -0.05) is 6.92 Å². The Morgan fingerprint density at radius 1 is 1.16 bits per heavy atom. The summed E-state index contributed by atoms with van der Waals surface area (Å²) in [5, 5.41) is 4.70. The molecule has 3 heterocycles. The number of amides is 1. The van der Waals surface area contributed by atoms with E-state index in [4.69, 9.17) is 0 Å². The SMILES string of the molecule is Cc1nc(C)c2c(C)c(C(=O)Nc3nc4c(s3)C[C@@H](C)CC4)sc2n1. The van der Waals surface area contributed by atoms with Crippen molar-refractivity contribution in [3.63, 3.8) is 0 Å². The predicted molar refractivity (Wildman–Crippen MR) is 103 cm³/mol. The van der Waals surface area contributed by atoms with Crippen LogP contribution in [0.2, 0.25) is 0 Å². The first-order chi connectivity index (χ1) is 11.9. The highest BCUT2D eigenvalue weighted by molar-refractivity contribution is 7.21. The Morgan fingerprint density at radius 2 is 1.96 bits per heavy atom. The molecule has 0 fully saturated rings. The first-order valence-corrected chi connectivity index (χ1v) is 10.1. The van der Waals surface area contributed by atoms with Gasteiger partial charge in [0.25, 0.3) is 5.91 Å². The van der Waals surface area contributed by atoms with Crippen molar-refractivity contribution in [1.29, 1.82) is 0 Å². The van der Waals surface area contributed by atoms with Crippen LogP contribution in [0.1, 0.15) is 50.7 Å². The maximum atomic E-state index is 12.8. The van der Waals surface area contributed by atoms with Gasteiger partial charge in [0, 0.05) is 16.0 Å². The van der Waals surface area contributed by atoms with Crippen LogP contribution in [0.3, 0.4) is 0 Å². The van der Waals surface area contributed by atoms with Gasteiger partial charge in [-0.05, 0) is 51.5 Å². The quantitative estimate of drug-likeness (QED) is 0.721. The number of fused-ring (bicyclic) bond motifs is 2. The standard InChI is InChI=1S/C18H20N4OS2/c1-8-5-6-12-13(7-8)24-18(21-12)22-16(23)15-9(2)14-10(3)19-11(4)20-17(14)25-15/h8H,5-7H2,1-4H3,(H,21,22,23)/t8-/m0/s1. The van der Waals surface area contributed by atoms with Crippen molar-refractivity contribution < 1.29 is 4.79 Å². The summed E-state index contributed by atoms with van der Waals surface area (Å²) in [7, 11) is 0. The van der Waals surface area contributed by atoms with Gasteiger partial charge in [0.1, 0.15) is 10.7 Å². The molecule has 0 unspecified atom stereocenters. The number of nitrogens with zero attached hydrogens (tertiary/aromatic N) is 3. The number of aryl methyl sites for hydroxylation is 4. The van der Waals surface area contributed by atoms with Gasteiger partial charge in [0.15, 0.2) is 5.13 Å². The van der Waals surface area contributed by atoms with Crippen LogP contribution in [-0.2, 0) is 12.8 Å². The molecule has 0 aliphatic heterocycles. The lowest BCUT2D eigenvalue weighted by Gasteiger charge is -2.15. The van der Waals surface area contributed by atoms with Crippen LogP contribution in [0.5, 0.6) is 0 Å². The van der Waals surface area contributed by atoms with Gasteiger partial charge in [0.2, 0.25) is 0 Å². The van der Waals surface area contributed by atoms with Gasteiger partial charge in [-0.25, -0.2) is 15.0 Å². The monoisotopic (exact) mass is 372 g/mol. The second-order valence-corrected chi connectivity index (χ2v) is 8.87. The molecule has 1 atom stereocenters. The van der Waals surface area contributed by atoms with Crippen molar-refractivity contribution in [2.75, 3.05) is 5.32 Å². The first-order valence-electron chi connectivity index (χ1n) is 8.46. The minimum absolute atomic E-state index is 0.100. The summed E-state index contributed by atoms with van der Waals surface area (Å²) in [6.07, 6.45) is 3.26. The van der Waals surface area contributed by atoms with E-state index in [-0.39, 0.29) is 5.91 Å². The number of aromatic nitrogens is 3. The fraction of sp³-hybridized carbons (Fsp3) is 0.444.